The molecule has 4 nitrogen and oxygen atoms in total. The summed E-state index contributed by atoms with van der Waals surface area (Å²) >= 11 is 0. The summed E-state index contributed by atoms with van der Waals surface area (Å²) in [6.45, 7) is 2.48. The van der Waals surface area contributed by atoms with Gasteiger partial charge in [-0.25, -0.2) is 8.42 Å². The molecule has 0 amide bonds. The van der Waals surface area contributed by atoms with Crippen LogP contribution in [0.15, 0.2) is 0 Å². The van der Waals surface area contributed by atoms with Crippen molar-refractivity contribution in [1.29, 1.82) is 0 Å². The van der Waals surface area contributed by atoms with E-state index in [9.17, 15) is 8.42 Å². The Bertz CT molecular complexity index is 266. The van der Waals surface area contributed by atoms with Crippen LogP contribution < -0.4 is 0 Å². The van der Waals surface area contributed by atoms with E-state index in [0.717, 1.165) is 0 Å². The first-order valence-electron chi connectivity index (χ1n) is 3.98. The fraction of sp³-hybridized carbons (Fsp3) is 0.750. The van der Waals surface area contributed by atoms with Gasteiger partial charge in [0.2, 0.25) is 10.0 Å². The number of terminal acetylenes is 1. The Morgan fingerprint density at radius 1 is 1.54 bits per heavy atom. The molecule has 0 fully saturated rings. The normalized spacial score (nSPS) is 11.5. The lowest BCUT2D eigenvalue weighted by Crippen LogP contribution is -2.34. The molecular formula is C8H15NO3S. The van der Waals surface area contributed by atoms with Gasteiger partial charge in [0.25, 0.3) is 0 Å². The monoisotopic (exact) mass is 205 g/mol. The predicted molar refractivity (Wildman–Crippen MR) is 51.7 cm³/mol. The Hall–Kier alpha value is -0.570. The molecule has 0 aliphatic carbocycles. The highest BCUT2D eigenvalue weighted by molar-refractivity contribution is 7.89. The molecular weight excluding hydrogens is 190 g/mol. The minimum atomic E-state index is -3.23. The topological polar surface area (TPSA) is 46.6 Å². The quantitative estimate of drug-likeness (QED) is 0.570. The van der Waals surface area contributed by atoms with Crippen LogP contribution >= 0.6 is 0 Å². The van der Waals surface area contributed by atoms with Crippen LogP contribution in [-0.2, 0) is 14.8 Å². The van der Waals surface area contributed by atoms with Gasteiger partial charge in [-0.3, -0.25) is 0 Å². The molecule has 0 bridgehead atoms. The van der Waals surface area contributed by atoms with Crippen LogP contribution in [0.4, 0.5) is 0 Å². The Kier molecular flexibility index (Phi) is 5.71. The zero-order valence-electron chi connectivity index (χ0n) is 7.99. The van der Waals surface area contributed by atoms with Crippen molar-refractivity contribution in [1.82, 2.24) is 4.31 Å². The van der Waals surface area contributed by atoms with E-state index < -0.39 is 10.0 Å². The molecule has 0 N–H and O–H groups in total. The first-order valence-corrected chi connectivity index (χ1v) is 5.59. The van der Waals surface area contributed by atoms with Gasteiger partial charge in [0.05, 0.1) is 18.9 Å². The van der Waals surface area contributed by atoms with E-state index in [0.29, 0.717) is 6.54 Å². The second kappa shape index (κ2) is 5.97. The summed E-state index contributed by atoms with van der Waals surface area (Å²) in [6, 6.07) is 0. The summed E-state index contributed by atoms with van der Waals surface area (Å²) in [4.78, 5) is 0. The van der Waals surface area contributed by atoms with Gasteiger partial charge < -0.3 is 4.74 Å². The van der Waals surface area contributed by atoms with Crippen molar-refractivity contribution in [2.45, 2.75) is 6.92 Å². The predicted octanol–water partition coefficient (Wildman–Crippen LogP) is -0.0823. The molecule has 0 saturated carbocycles. The van der Waals surface area contributed by atoms with Gasteiger partial charge in [0.15, 0.2) is 0 Å². The molecule has 0 unspecified atom stereocenters. The summed E-state index contributed by atoms with van der Waals surface area (Å²) in [7, 11) is -1.77. The number of sulfonamides is 1. The van der Waals surface area contributed by atoms with Gasteiger partial charge in [0.1, 0.15) is 0 Å². The van der Waals surface area contributed by atoms with Crippen molar-refractivity contribution >= 4 is 10.0 Å². The van der Waals surface area contributed by atoms with E-state index >= 15 is 0 Å². The zero-order valence-corrected chi connectivity index (χ0v) is 8.80. The largest absolute Gasteiger partial charge is 0.384 e. The Labute approximate surface area is 79.9 Å². The van der Waals surface area contributed by atoms with E-state index in [1.807, 2.05) is 0 Å². The molecule has 13 heavy (non-hydrogen) atoms. The van der Waals surface area contributed by atoms with Gasteiger partial charge in [0, 0.05) is 13.7 Å². The molecule has 0 saturated heterocycles. The summed E-state index contributed by atoms with van der Waals surface area (Å²) < 4.78 is 28.9. The van der Waals surface area contributed by atoms with Crippen molar-refractivity contribution in [3.05, 3.63) is 0 Å². The maximum absolute atomic E-state index is 11.5. The van der Waals surface area contributed by atoms with Crippen molar-refractivity contribution in [3.8, 4) is 12.3 Å². The molecule has 0 spiro atoms. The second-order valence-electron chi connectivity index (χ2n) is 2.44. The third kappa shape index (κ3) is 4.27. The van der Waals surface area contributed by atoms with Crippen LogP contribution in [-0.4, -0.2) is 45.3 Å². The highest BCUT2D eigenvalue weighted by Gasteiger charge is 2.18. The smallest absolute Gasteiger partial charge is 0.217 e. The molecule has 0 aliphatic heterocycles. The van der Waals surface area contributed by atoms with Gasteiger partial charge in [-0.05, 0) is 0 Å². The van der Waals surface area contributed by atoms with Crippen LogP contribution in [0.2, 0.25) is 0 Å². The lowest BCUT2D eigenvalue weighted by Gasteiger charge is -2.17. The van der Waals surface area contributed by atoms with Crippen LogP contribution in [0.1, 0.15) is 6.92 Å². The van der Waals surface area contributed by atoms with Gasteiger partial charge >= 0.3 is 0 Å². The number of hydrogen-bond acceptors (Lipinski definition) is 3. The lowest BCUT2D eigenvalue weighted by atomic mass is 10.6. The van der Waals surface area contributed by atoms with Gasteiger partial charge in [-0.1, -0.05) is 12.8 Å². The first kappa shape index (κ1) is 12.4. The molecule has 0 aromatic heterocycles. The average molecular weight is 205 g/mol. The number of methoxy groups -OCH3 is 1. The second-order valence-corrected chi connectivity index (χ2v) is 4.53. The lowest BCUT2D eigenvalue weighted by molar-refractivity contribution is 0.215. The fourth-order valence-corrected chi connectivity index (χ4v) is 2.13. The van der Waals surface area contributed by atoms with E-state index in [-0.39, 0.29) is 18.9 Å². The average Bonchev–Trinajstić information content (AvgIpc) is 2.10. The van der Waals surface area contributed by atoms with Crippen molar-refractivity contribution < 1.29 is 13.2 Å². The number of hydrogen-bond donors (Lipinski definition) is 0. The SMILES string of the molecule is C#CCN(CC)S(=O)(=O)CCOC. The fourth-order valence-electron chi connectivity index (χ4n) is 0.826. The highest BCUT2D eigenvalue weighted by Crippen LogP contribution is 1.99. The van der Waals surface area contributed by atoms with Crippen LogP contribution in [0.3, 0.4) is 0 Å². The Morgan fingerprint density at radius 3 is 2.54 bits per heavy atom. The third-order valence-electron chi connectivity index (χ3n) is 1.56. The summed E-state index contributed by atoms with van der Waals surface area (Å²) in [5.41, 5.74) is 0. The minimum Gasteiger partial charge on any atom is -0.384 e. The Morgan fingerprint density at radius 2 is 2.15 bits per heavy atom. The van der Waals surface area contributed by atoms with Gasteiger partial charge in [-0.15, -0.1) is 6.42 Å². The molecule has 0 atom stereocenters. The standard InChI is InChI=1S/C8H15NO3S/c1-4-6-9(5-2)13(10,11)8-7-12-3/h1H,5-8H2,2-3H3. The highest BCUT2D eigenvalue weighted by atomic mass is 32.2. The van der Waals surface area contributed by atoms with E-state index in [4.69, 9.17) is 11.2 Å². The first-order chi connectivity index (χ1) is 6.08. The number of rotatable bonds is 6. The maximum atomic E-state index is 11.5. The summed E-state index contributed by atoms with van der Waals surface area (Å²) in [6.07, 6.45) is 5.04. The van der Waals surface area contributed by atoms with Crippen LogP contribution in [0.25, 0.3) is 0 Å². The minimum absolute atomic E-state index is 0.0149. The van der Waals surface area contributed by atoms with Crippen molar-refractivity contribution in [2.24, 2.45) is 0 Å². The zero-order chi connectivity index (χ0) is 10.3. The molecule has 76 valence electrons. The van der Waals surface area contributed by atoms with Crippen LogP contribution in [0, 0.1) is 12.3 Å². The molecule has 5 heteroatoms. The maximum Gasteiger partial charge on any atom is 0.217 e. The van der Waals surface area contributed by atoms with Crippen LogP contribution in [0.5, 0.6) is 0 Å². The molecule has 0 heterocycles. The molecule has 0 aromatic rings. The van der Waals surface area contributed by atoms with E-state index in [1.165, 1.54) is 11.4 Å². The van der Waals surface area contributed by atoms with Gasteiger partial charge in [-0.2, -0.15) is 4.31 Å². The number of nitrogens with zero attached hydrogens (tertiary/aromatic N) is 1. The van der Waals surface area contributed by atoms with E-state index in [2.05, 4.69) is 5.92 Å². The number of ether oxygens (including phenoxy) is 1. The Balaban J connectivity index is 4.32. The molecule has 0 radical (unpaired) electrons. The molecule has 0 rings (SSSR count). The van der Waals surface area contributed by atoms with E-state index in [1.54, 1.807) is 6.92 Å². The summed E-state index contributed by atoms with van der Waals surface area (Å²) in [5.74, 6) is 2.29. The van der Waals surface area contributed by atoms with Crippen molar-refractivity contribution in [3.63, 3.8) is 0 Å². The molecule has 0 aromatic carbocycles. The summed E-state index contributed by atoms with van der Waals surface area (Å²) in [5, 5.41) is 0. The van der Waals surface area contributed by atoms with Crippen molar-refractivity contribution in [2.75, 3.05) is 32.6 Å². The molecule has 0 aliphatic rings. The third-order valence-corrected chi connectivity index (χ3v) is 3.42.